The van der Waals surface area contributed by atoms with E-state index < -0.39 is 0 Å². The summed E-state index contributed by atoms with van der Waals surface area (Å²) in [6, 6.07) is 6.15. The van der Waals surface area contributed by atoms with Gasteiger partial charge in [-0.3, -0.25) is 0 Å². The van der Waals surface area contributed by atoms with E-state index in [1.54, 1.807) is 11.3 Å². The van der Waals surface area contributed by atoms with E-state index in [-0.39, 0.29) is 0 Å². The molecule has 4 heteroatoms. The summed E-state index contributed by atoms with van der Waals surface area (Å²) in [5, 5.41) is 0. The van der Waals surface area contributed by atoms with Crippen molar-refractivity contribution >= 4 is 43.2 Å². The molecule has 0 unspecified atom stereocenters. The molecular formula is C8H5Br2NS. The molecular weight excluding hydrogens is 302 g/mol. The molecule has 0 fully saturated rings. The molecule has 0 bridgehead atoms. The highest BCUT2D eigenvalue weighted by Gasteiger charge is 2.07. The Labute approximate surface area is 91.1 Å². The lowest BCUT2D eigenvalue weighted by atomic mass is 10.2. The lowest BCUT2D eigenvalue weighted by Crippen LogP contribution is -1.70. The maximum Gasteiger partial charge on any atom is 0.0803 e. The molecule has 2 rings (SSSR count). The van der Waals surface area contributed by atoms with Crippen molar-refractivity contribution in [2.45, 2.75) is 0 Å². The highest BCUT2D eigenvalue weighted by atomic mass is 79.9. The van der Waals surface area contributed by atoms with Gasteiger partial charge in [-0.15, -0.1) is 11.3 Å². The number of hydrogen-bond donors (Lipinski definition) is 1. The third kappa shape index (κ3) is 1.51. The second-order valence-electron chi connectivity index (χ2n) is 2.32. The van der Waals surface area contributed by atoms with Crippen LogP contribution in [-0.2, 0) is 0 Å². The molecule has 0 spiro atoms. The van der Waals surface area contributed by atoms with E-state index in [4.69, 9.17) is 0 Å². The second kappa shape index (κ2) is 3.36. The van der Waals surface area contributed by atoms with Crippen molar-refractivity contribution in [1.82, 2.24) is 4.98 Å². The first-order valence-electron chi connectivity index (χ1n) is 3.36. The highest BCUT2D eigenvalue weighted by molar-refractivity contribution is 9.12. The van der Waals surface area contributed by atoms with Crippen molar-refractivity contribution in [2.24, 2.45) is 0 Å². The predicted molar refractivity (Wildman–Crippen MR) is 59.5 cm³/mol. The van der Waals surface area contributed by atoms with Gasteiger partial charge in [-0.05, 0) is 50.1 Å². The zero-order valence-electron chi connectivity index (χ0n) is 5.97. The third-order valence-electron chi connectivity index (χ3n) is 1.54. The Morgan fingerprint density at radius 1 is 1.33 bits per heavy atom. The summed E-state index contributed by atoms with van der Waals surface area (Å²) in [7, 11) is 0. The zero-order valence-corrected chi connectivity index (χ0v) is 9.96. The minimum atomic E-state index is 1.14. The normalized spacial score (nSPS) is 10.5. The van der Waals surface area contributed by atoms with Crippen LogP contribution in [0.2, 0.25) is 0 Å². The summed E-state index contributed by atoms with van der Waals surface area (Å²) < 4.78 is 2.29. The van der Waals surface area contributed by atoms with Gasteiger partial charge in [0.2, 0.25) is 0 Å². The van der Waals surface area contributed by atoms with Crippen LogP contribution in [0, 0.1) is 0 Å². The minimum Gasteiger partial charge on any atom is -0.361 e. The summed E-state index contributed by atoms with van der Waals surface area (Å²) >= 11 is 8.63. The molecule has 1 N–H and O–H groups in total. The van der Waals surface area contributed by atoms with Crippen LogP contribution in [0.4, 0.5) is 0 Å². The molecule has 0 atom stereocenters. The van der Waals surface area contributed by atoms with Crippen LogP contribution in [-0.4, -0.2) is 4.98 Å². The number of rotatable bonds is 1. The topological polar surface area (TPSA) is 15.8 Å². The zero-order chi connectivity index (χ0) is 8.55. The first-order valence-corrected chi connectivity index (χ1v) is 5.76. The maximum absolute atomic E-state index is 3.51. The molecule has 0 aliphatic carbocycles. The Bertz CT molecular complexity index is 378. The summed E-state index contributed by atoms with van der Waals surface area (Å²) in [6.45, 7) is 0. The van der Waals surface area contributed by atoms with Gasteiger partial charge in [0.25, 0.3) is 0 Å². The molecule has 12 heavy (non-hydrogen) atoms. The average molecular weight is 307 g/mol. The fourth-order valence-corrected chi connectivity index (χ4v) is 3.87. The van der Waals surface area contributed by atoms with Gasteiger partial charge < -0.3 is 4.98 Å². The van der Waals surface area contributed by atoms with Gasteiger partial charge in [0.1, 0.15) is 0 Å². The van der Waals surface area contributed by atoms with E-state index in [2.05, 4.69) is 49.0 Å². The van der Waals surface area contributed by atoms with E-state index >= 15 is 0 Å². The van der Waals surface area contributed by atoms with Crippen LogP contribution in [0.25, 0.3) is 11.3 Å². The van der Waals surface area contributed by atoms with Crippen molar-refractivity contribution in [3.05, 3.63) is 32.0 Å². The molecule has 62 valence electrons. The number of halogens is 2. The molecule has 2 heterocycles. The Kier molecular flexibility index (Phi) is 2.39. The quantitative estimate of drug-likeness (QED) is 0.810. The fourth-order valence-electron chi connectivity index (χ4n) is 1.02. The van der Waals surface area contributed by atoms with Crippen LogP contribution in [0.3, 0.4) is 0 Å². The Balaban J connectivity index is 2.54. The third-order valence-corrected chi connectivity index (χ3v) is 3.88. The first kappa shape index (κ1) is 8.53. The van der Waals surface area contributed by atoms with Crippen molar-refractivity contribution in [3.63, 3.8) is 0 Å². The van der Waals surface area contributed by atoms with Crippen molar-refractivity contribution in [3.8, 4) is 11.3 Å². The monoisotopic (exact) mass is 305 g/mol. The number of nitrogens with one attached hydrogen (secondary N) is 1. The molecule has 0 saturated carbocycles. The van der Waals surface area contributed by atoms with Crippen LogP contribution in [0.5, 0.6) is 0 Å². The molecule has 1 nitrogen and oxygen atoms in total. The molecule has 2 aromatic rings. The fraction of sp³-hybridized carbons (Fsp3) is 0. The Hall–Kier alpha value is -0.0600. The van der Waals surface area contributed by atoms with Gasteiger partial charge in [-0.2, -0.15) is 0 Å². The summed E-state index contributed by atoms with van der Waals surface area (Å²) in [5.74, 6) is 0. The number of H-pyrrole nitrogens is 1. The molecule has 2 aromatic heterocycles. The molecule has 0 aliphatic heterocycles. The lowest BCUT2D eigenvalue weighted by molar-refractivity contribution is 1.41. The van der Waals surface area contributed by atoms with Crippen LogP contribution < -0.4 is 0 Å². The van der Waals surface area contributed by atoms with Crippen LogP contribution >= 0.6 is 43.2 Å². The SMILES string of the molecule is Brc1cc(-c2ccc[nH]2)c(Br)s1. The largest absolute Gasteiger partial charge is 0.361 e. The summed E-state index contributed by atoms with van der Waals surface area (Å²) in [5.41, 5.74) is 2.35. The average Bonchev–Trinajstić information content (AvgIpc) is 2.58. The Morgan fingerprint density at radius 2 is 2.17 bits per heavy atom. The van der Waals surface area contributed by atoms with Crippen LogP contribution in [0.1, 0.15) is 0 Å². The van der Waals surface area contributed by atoms with E-state index in [9.17, 15) is 0 Å². The van der Waals surface area contributed by atoms with Gasteiger partial charge in [0.05, 0.1) is 7.57 Å². The van der Waals surface area contributed by atoms with E-state index in [1.165, 1.54) is 5.56 Å². The standard InChI is InChI=1S/C8H5Br2NS/c9-7-4-5(8(10)12-7)6-2-1-3-11-6/h1-4,11H. The first-order chi connectivity index (χ1) is 5.77. The number of thiophene rings is 1. The predicted octanol–water partition coefficient (Wildman–Crippen LogP) is 4.27. The van der Waals surface area contributed by atoms with Gasteiger partial charge in [0.15, 0.2) is 0 Å². The van der Waals surface area contributed by atoms with Gasteiger partial charge in [0, 0.05) is 17.5 Å². The summed E-state index contributed by atoms with van der Waals surface area (Å²) in [4.78, 5) is 3.16. The van der Waals surface area contributed by atoms with E-state index in [0.29, 0.717) is 0 Å². The van der Waals surface area contributed by atoms with Gasteiger partial charge >= 0.3 is 0 Å². The maximum atomic E-state index is 3.51. The number of aromatic amines is 1. The summed E-state index contributed by atoms with van der Waals surface area (Å²) in [6.07, 6.45) is 1.92. The van der Waals surface area contributed by atoms with E-state index in [0.717, 1.165) is 13.3 Å². The van der Waals surface area contributed by atoms with Crippen LogP contribution in [0.15, 0.2) is 32.0 Å². The minimum absolute atomic E-state index is 1.14. The molecule has 0 aliphatic rings. The van der Waals surface area contributed by atoms with Crippen molar-refractivity contribution in [1.29, 1.82) is 0 Å². The molecule has 0 radical (unpaired) electrons. The smallest absolute Gasteiger partial charge is 0.0803 e. The molecule has 0 amide bonds. The molecule has 0 saturated heterocycles. The number of aromatic nitrogens is 1. The second-order valence-corrected chi connectivity index (χ2v) is 6.07. The Morgan fingerprint density at radius 3 is 2.67 bits per heavy atom. The van der Waals surface area contributed by atoms with E-state index in [1.807, 2.05) is 12.3 Å². The van der Waals surface area contributed by atoms with Crippen molar-refractivity contribution < 1.29 is 0 Å². The number of hydrogen-bond acceptors (Lipinski definition) is 1. The molecule has 0 aromatic carbocycles. The van der Waals surface area contributed by atoms with Gasteiger partial charge in [-0.1, -0.05) is 0 Å². The van der Waals surface area contributed by atoms with Gasteiger partial charge in [-0.25, -0.2) is 0 Å². The highest BCUT2D eigenvalue weighted by Crippen LogP contribution is 2.37. The lowest BCUT2D eigenvalue weighted by Gasteiger charge is -1.91. The van der Waals surface area contributed by atoms with Crippen molar-refractivity contribution in [2.75, 3.05) is 0 Å².